The Morgan fingerprint density at radius 1 is 1.19 bits per heavy atom. The molecule has 0 bridgehead atoms. The van der Waals surface area contributed by atoms with Crippen LogP contribution < -0.4 is 10.3 Å². The van der Waals surface area contributed by atoms with E-state index in [9.17, 15) is 14.7 Å². The first-order chi connectivity index (χ1) is 17.1. The molecule has 0 saturated heterocycles. The molecule has 0 saturated carbocycles. The summed E-state index contributed by atoms with van der Waals surface area (Å²) < 4.78 is 10.9. The lowest BCUT2D eigenvalue weighted by atomic mass is 10.0. The molecule has 2 N–H and O–H groups in total. The second kappa shape index (κ2) is 12.7. The van der Waals surface area contributed by atoms with Gasteiger partial charge in [-0.1, -0.05) is 39.3 Å². The molecule has 8 nitrogen and oxygen atoms in total. The molecule has 2 aromatic heterocycles. The number of carbonyl (C=O) groups excluding carboxylic acids is 1. The average molecular weight is 536 g/mol. The highest BCUT2D eigenvalue weighted by Gasteiger charge is 2.25. The second-order valence-corrected chi connectivity index (χ2v) is 10.9. The van der Waals surface area contributed by atoms with Crippen LogP contribution in [0.3, 0.4) is 0 Å². The molecule has 0 spiro atoms. The summed E-state index contributed by atoms with van der Waals surface area (Å²) in [6, 6.07) is 6.97. The maximum atomic E-state index is 13.1. The number of H-pyrrole nitrogens is 1. The summed E-state index contributed by atoms with van der Waals surface area (Å²) in [4.78, 5) is 36.2. The molecule has 36 heavy (non-hydrogen) atoms. The van der Waals surface area contributed by atoms with E-state index in [1.54, 1.807) is 31.2 Å². The van der Waals surface area contributed by atoms with Crippen LogP contribution in [0.1, 0.15) is 61.6 Å². The average Bonchev–Trinajstić information content (AvgIpc) is 3.19. The molecule has 10 heteroatoms. The highest BCUT2D eigenvalue weighted by Crippen LogP contribution is 2.34. The quantitative estimate of drug-likeness (QED) is 0.320. The lowest BCUT2D eigenvalue weighted by molar-refractivity contribution is 0.0530. The largest absolute Gasteiger partial charge is 0.491 e. The van der Waals surface area contributed by atoms with E-state index in [0.717, 1.165) is 0 Å². The predicted octanol–water partition coefficient (Wildman–Crippen LogP) is 4.84. The molecule has 0 fully saturated rings. The number of aromatic nitrogens is 2. The first-order valence-electron chi connectivity index (χ1n) is 12.1. The van der Waals surface area contributed by atoms with Crippen LogP contribution in [0, 0.1) is 5.92 Å². The standard InChI is InChI=1S/C26H34ClN3O5S/c1-6-34-26(33)23-21(16(4)5)22-24(32)28-20(29-25(22)36-23)13-30(11-15(2)3)12-18(31)14-35-19-9-7-17(27)8-10-19/h7-10,15-16,18,31H,6,11-14H2,1-5H3,(H,28,29,32)/t18-/m1/s1. The van der Waals surface area contributed by atoms with Gasteiger partial charge in [-0.05, 0) is 48.6 Å². The maximum Gasteiger partial charge on any atom is 0.348 e. The molecule has 0 aliphatic rings. The molecule has 0 aliphatic carbocycles. The van der Waals surface area contributed by atoms with Gasteiger partial charge >= 0.3 is 5.97 Å². The third-order valence-electron chi connectivity index (χ3n) is 5.41. The highest BCUT2D eigenvalue weighted by molar-refractivity contribution is 7.20. The Morgan fingerprint density at radius 3 is 2.50 bits per heavy atom. The summed E-state index contributed by atoms with van der Waals surface area (Å²) in [6.07, 6.45) is -0.750. The number of nitrogens with one attached hydrogen (secondary N) is 1. The fraction of sp³-hybridized carbons (Fsp3) is 0.500. The number of esters is 1. The van der Waals surface area contributed by atoms with Crippen LogP contribution in [-0.4, -0.2) is 58.4 Å². The smallest absolute Gasteiger partial charge is 0.348 e. The number of fused-ring (bicyclic) bond motifs is 1. The van der Waals surface area contributed by atoms with Crippen LogP contribution in [0.25, 0.3) is 10.2 Å². The van der Waals surface area contributed by atoms with Gasteiger partial charge in [-0.25, -0.2) is 9.78 Å². The van der Waals surface area contributed by atoms with E-state index in [4.69, 9.17) is 21.1 Å². The second-order valence-electron chi connectivity index (χ2n) is 9.42. The van der Waals surface area contributed by atoms with Crippen molar-refractivity contribution in [3.8, 4) is 5.75 Å². The van der Waals surface area contributed by atoms with E-state index >= 15 is 0 Å². The summed E-state index contributed by atoms with van der Waals surface area (Å²) in [5.41, 5.74) is 0.393. The van der Waals surface area contributed by atoms with Crippen LogP contribution in [0.2, 0.25) is 5.02 Å². The highest BCUT2D eigenvalue weighted by atomic mass is 35.5. The number of carbonyl (C=O) groups is 1. The summed E-state index contributed by atoms with van der Waals surface area (Å²) in [6.45, 7) is 11.5. The van der Waals surface area contributed by atoms with Gasteiger partial charge in [-0.3, -0.25) is 9.69 Å². The molecule has 0 unspecified atom stereocenters. The molecule has 1 atom stereocenters. The number of aliphatic hydroxyl groups excluding tert-OH is 1. The zero-order chi connectivity index (χ0) is 26.4. The molecule has 3 rings (SSSR count). The summed E-state index contributed by atoms with van der Waals surface area (Å²) in [7, 11) is 0. The van der Waals surface area contributed by atoms with E-state index in [2.05, 4.69) is 23.8 Å². The Labute approximate surface area is 220 Å². The van der Waals surface area contributed by atoms with Crippen LogP contribution in [0.5, 0.6) is 5.75 Å². The van der Waals surface area contributed by atoms with Crippen molar-refractivity contribution in [2.24, 2.45) is 5.92 Å². The number of aliphatic hydroxyl groups is 1. The van der Waals surface area contributed by atoms with E-state index in [0.29, 0.717) is 62.8 Å². The number of benzene rings is 1. The molecule has 0 aliphatic heterocycles. The topological polar surface area (TPSA) is 105 Å². The Bertz CT molecular complexity index is 1220. The Kier molecular flexibility index (Phi) is 9.90. The minimum Gasteiger partial charge on any atom is -0.491 e. The zero-order valence-corrected chi connectivity index (χ0v) is 22.9. The molecule has 1 aromatic carbocycles. The van der Waals surface area contributed by atoms with Gasteiger partial charge in [0.25, 0.3) is 5.56 Å². The summed E-state index contributed by atoms with van der Waals surface area (Å²) in [5, 5.41) is 11.7. The minimum atomic E-state index is -0.750. The first-order valence-corrected chi connectivity index (χ1v) is 13.3. The van der Waals surface area contributed by atoms with Crippen molar-refractivity contribution < 1.29 is 19.4 Å². The van der Waals surface area contributed by atoms with E-state index in [-0.39, 0.29) is 24.7 Å². The van der Waals surface area contributed by atoms with Gasteiger partial charge in [0.2, 0.25) is 0 Å². The van der Waals surface area contributed by atoms with Crippen molar-refractivity contribution in [3.05, 3.63) is 55.9 Å². The summed E-state index contributed by atoms with van der Waals surface area (Å²) >= 11 is 7.09. The van der Waals surface area contributed by atoms with Crippen molar-refractivity contribution in [2.45, 2.75) is 53.2 Å². The number of thiophene rings is 1. The van der Waals surface area contributed by atoms with Gasteiger partial charge in [-0.2, -0.15) is 0 Å². The molecule has 0 amide bonds. The fourth-order valence-electron chi connectivity index (χ4n) is 4.05. The molecular formula is C26H34ClN3O5S. The van der Waals surface area contributed by atoms with Gasteiger partial charge < -0.3 is 19.6 Å². The zero-order valence-electron chi connectivity index (χ0n) is 21.3. The lowest BCUT2D eigenvalue weighted by Crippen LogP contribution is -2.38. The maximum absolute atomic E-state index is 13.1. The van der Waals surface area contributed by atoms with E-state index in [1.807, 2.05) is 18.7 Å². The Balaban J connectivity index is 1.80. The van der Waals surface area contributed by atoms with Crippen molar-refractivity contribution in [1.29, 1.82) is 0 Å². The number of nitrogens with zero attached hydrogens (tertiary/aromatic N) is 2. The lowest BCUT2D eigenvalue weighted by Gasteiger charge is -2.26. The fourth-order valence-corrected chi connectivity index (χ4v) is 5.42. The third kappa shape index (κ3) is 7.29. The molecule has 2 heterocycles. The van der Waals surface area contributed by atoms with Gasteiger partial charge in [0, 0.05) is 18.1 Å². The van der Waals surface area contributed by atoms with Crippen molar-refractivity contribution in [1.82, 2.24) is 14.9 Å². The van der Waals surface area contributed by atoms with Crippen LogP contribution in [0.15, 0.2) is 29.1 Å². The molecule has 0 radical (unpaired) electrons. The normalized spacial score (nSPS) is 12.6. The number of hydrogen-bond donors (Lipinski definition) is 2. The van der Waals surface area contributed by atoms with Gasteiger partial charge in [0.1, 0.15) is 34.0 Å². The van der Waals surface area contributed by atoms with Crippen LogP contribution >= 0.6 is 22.9 Å². The molecule has 196 valence electrons. The first kappa shape index (κ1) is 28.1. The monoisotopic (exact) mass is 535 g/mol. The Hall–Kier alpha value is -2.46. The number of halogens is 1. The number of aromatic amines is 1. The SMILES string of the molecule is CCOC(=O)c1sc2nc(CN(CC(C)C)C[C@@H](O)COc3ccc(Cl)cc3)[nH]c(=O)c2c1C(C)C. The van der Waals surface area contributed by atoms with E-state index in [1.165, 1.54) is 11.3 Å². The Morgan fingerprint density at radius 2 is 1.89 bits per heavy atom. The van der Waals surface area contributed by atoms with E-state index < -0.39 is 12.1 Å². The van der Waals surface area contributed by atoms with Crippen molar-refractivity contribution >= 4 is 39.1 Å². The predicted molar refractivity (Wildman–Crippen MR) is 143 cm³/mol. The minimum absolute atomic E-state index is 0.0415. The van der Waals surface area contributed by atoms with Gasteiger partial charge in [0.15, 0.2) is 0 Å². The van der Waals surface area contributed by atoms with Crippen molar-refractivity contribution in [3.63, 3.8) is 0 Å². The number of hydrogen-bond acceptors (Lipinski definition) is 8. The third-order valence-corrected chi connectivity index (χ3v) is 6.74. The molecule has 3 aromatic rings. The van der Waals surface area contributed by atoms with Crippen molar-refractivity contribution in [2.75, 3.05) is 26.3 Å². The summed E-state index contributed by atoms with van der Waals surface area (Å²) in [5.74, 6) is 0.956. The van der Waals surface area contributed by atoms with Crippen LogP contribution in [-0.2, 0) is 11.3 Å². The van der Waals surface area contributed by atoms with Crippen LogP contribution in [0.4, 0.5) is 0 Å². The van der Waals surface area contributed by atoms with Gasteiger partial charge in [-0.15, -0.1) is 11.3 Å². The number of rotatable bonds is 12. The van der Waals surface area contributed by atoms with Gasteiger partial charge in [0.05, 0.1) is 18.5 Å². The number of ether oxygens (including phenoxy) is 2. The molecular weight excluding hydrogens is 502 g/mol.